The van der Waals surface area contributed by atoms with Gasteiger partial charge in [-0.25, -0.2) is 4.79 Å². The van der Waals surface area contributed by atoms with Gasteiger partial charge in [-0.2, -0.15) is 0 Å². The highest BCUT2D eigenvalue weighted by molar-refractivity contribution is 5.86. The van der Waals surface area contributed by atoms with E-state index in [4.69, 9.17) is 14.6 Å². The smallest absolute Gasteiger partial charge is 0.341 e. The second kappa shape index (κ2) is 9.56. The van der Waals surface area contributed by atoms with Crippen LogP contribution in [-0.2, 0) is 11.2 Å². The summed E-state index contributed by atoms with van der Waals surface area (Å²) in [6.45, 7) is 3.63. The zero-order chi connectivity index (χ0) is 22.5. The summed E-state index contributed by atoms with van der Waals surface area (Å²) in [7, 11) is 0. The lowest BCUT2D eigenvalue weighted by Gasteiger charge is -2.15. The van der Waals surface area contributed by atoms with E-state index in [0.29, 0.717) is 12.2 Å². The molecule has 0 saturated heterocycles. The second-order valence-corrected chi connectivity index (χ2v) is 8.01. The Hall–Kier alpha value is -3.79. The summed E-state index contributed by atoms with van der Waals surface area (Å²) < 4.78 is 11.4. The third kappa shape index (κ3) is 5.09. The maximum Gasteiger partial charge on any atom is 0.341 e. The molecule has 0 saturated carbocycles. The van der Waals surface area contributed by atoms with Crippen LogP contribution in [0.1, 0.15) is 25.0 Å². The number of hydrogen-bond acceptors (Lipinski definition) is 3. The maximum absolute atomic E-state index is 11.1. The van der Waals surface area contributed by atoms with Crippen LogP contribution < -0.4 is 9.47 Å². The van der Waals surface area contributed by atoms with Crippen LogP contribution in [0.2, 0.25) is 0 Å². The minimum Gasteiger partial charge on any atom is -0.491 e. The number of fused-ring (bicyclic) bond motifs is 1. The van der Waals surface area contributed by atoms with Gasteiger partial charge >= 0.3 is 5.97 Å². The van der Waals surface area contributed by atoms with E-state index in [2.05, 4.69) is 30.3 Å². The van der Waals surface area contributed by atoms with E-state index in [1.807, 2.05) is 68.4 Å². The monoisotopic (exact) mass is 426 g/mol. The minimum atomic E-state index is -0.995. The molecule has 0 radical (unpaired) electrons. The van der Waals surface area contributed by atoms with E-state index < -0.39 is 5.97 Å². The summed E-state index contributed by atoms with van der Waals surface area (Å²) in [6, 6.07) is 28.4. The molecule has 0 amide bonds. The molecular weight excluding hydrogens is 400 g/mol. The number of hydrogen-bond donors (Lipinski definition) is 1. The Kier molecular flexibility index (Phi) is 6.41. The van der Waals surface area contributed by atoms with Gasteiger partial charge in [-0.15, -0.1) is 0 Å². The predicted octanol–water partition coefficient (Wildman–Crippen LogP) is 6.35. The third-order valence-electron chi connectivity index (χ3n) is 5.23. The lowest BCUT2D eigenvalue weighted by atomic mass is 9.95. The average Bonchev–Trinajstić information content (AvgIpc) is 2.78. The molecule has 0 unspecified atom stereocenters. The summed E-state index contributed by atoms with van der Waals surface area (Å²) in [4.78, 5) is 11.1. The molecule has 0 aromatic heterocycles. The summed E-state index contributed by atoms with van der Waals surface area (Å²) in [5, 5.41) is 11.4. The molecule has 4 aromatic carbocycles. The van der Waals surface area contributed by atoms with Gasteiger partial charge < -0.3 is 14.6 Å². The highest BCUT2D eigenvalue weighted by atomic mass is 16.5. The Morgan fingerprint density at radius 2 is 1.56 bits per heavy atom. The molecule has 0 fully saturated rings. The molecule has 0 bridgehead atoms. The summed E-state index contributed by atoms with van der Waals surface area (Å²) in [5.74, 6) is 0.427. The van der Waals surface area contributed by atoms with Gasteiger partial charge in [-0.05, 0) is 71.1 Å². The zero-order valence-corrected chi connectivity index (χ0v) is 18.2. The van der Waals surface area contributed by atoms with Crippen molar-refractivity contribution in [2.45, 2.75) is 26.4 Å². The van der Waals surface area contributed by atoms with Crippen molar-refractivity contribution < 1.29 is 19.4 Å². The van der Waals surface area contributed by atoms with E-state index >= 15 is 0 Å². The van der Waals surface area contributed by atoms with Gasteiger partial charge in [-0.1, -0.05) is 60.7 Å². The number of rotatable bonds is 8. The summed E-state index contributed by atoms with van der Waals surface area (Å²) in [5.41, 5.74) is 4.22. The van der Waals surface area contributed by atoms with Gasteiger partial charge in [0.15, 0.2) is 6.61 Å². The van der Waals surface area contributed by atoms with Crippen LogP contribution >= 0.6 is 0 Å². The first-order valence-corrected chi connectivity index (χ1v) is 10.7. The van der Waals surface area contributed by atoms with Crippen LogP contribution in [0.5, 0.6) is 11.5 Å². The Morgan fingerprint density at radius 1 is 0.844 bits per heavy atom. The quantitative estimate of drug-likeness (QED) is 0.357. The van der Waals surface area contributed by atoms with Crippen molar-refractivity contribution in [1.82, 2.24) is 0 Å². The standard InChI is InChI=1S/C28H26O4/c1-19(2)32-25-13-10-20(11-14-25)22-12-15-27(31-18-28(29)30)24(16-22)17-23-8-5-7-21-6-3-4-9-26(21)23/h3-16,19H,17-18H2,1-2H3,(H,29,30). The first-order chi connectivity index (χ1) is 15.5. The van der Waals surface area contributed by atoms with E-state index in [1.165, 1.54) is 16.3 Å². The topological polar surface area (TPSA) is 55.8 Å². The molecular formula is C28H26O4. The van der Waals surface area contributed by atoms with Crippen molar-refractivity contribution in [1.29, 1.82) is 0 Å². The van der Waals surface area contributed by atoms with Crippen molar-refractivity contribution in [3.05, 3.63) is 96.1 Å². The molecule has 4 aromatic rings. The number of carboxylic acid groups (broad SMARTS) is 1. The number of aliphatic carboxylic acids is 1. The van der Waals surface area contributed by atoms with Crippen molar-refractivity contribution >= 4 is 16.7 Å². The number of ether oxygens (including phenoxy) is 2. The molecule has 0 atom stereocenters. The highest BCUT2D eigenvalue weighted by Gasteiger charge is 2.11. The molecule has 162 valence electrons. The Morgan fingerprint density at radius 3 is 2.31 bits per heavy atom. The van der Waals surface area contributed by atoms with E-state index in [9.17, 15) is 4.79 Å². The van der Waals surface area contributed by atoms with E-state index in [0.717, 1.165) is 22.4 Å². The lowest BCUT2D eigenvalue weighted by molar-refractivity contribution is -0.139. The molecule has 0 heterocycles. The SMILES string of the molecule is CC(C)Oc1ccc(-c2ccc(OCC(=O)O)c(Cc3cccc4ccccc34)c2)cc1. The maximum atomic E-state index is 11.1. The fourth-order valence-corrected chi connectivity index (χ4v) is 3.83. The largest absolute Gasteiger partial charge is 0.491 e. The lowest BCUT2D eigenvalue weighted by Crippen LogP contribution is -2.10. The van der Waals surface area contributed by atoms with Gasteiger partial charge in [0, 0.05) is 6.42 Å². The van der Waals surface area contributed by atoms with Crippen molar-refractivity contribution in [2.24, 2.45) is 0 Å². The van der Waals surface area contributed by atoms with Crippen molar-refractivity contribution in [3.8, 4) is 22.6 Å². The Balaban J connectivity index is 1.70. The van der Waals surface area contributed by atoms with Crippen molar-refractivity contribution in [2.75, 3.05) is 6.61 Å². The predicted molar refractivity (Wildman–Crippen MR) is 128 cm³/mol. The molecule has 0 aliphatic carbocycles. The van der Waals surface area contributed by atoms with Gasteiger partial charge in [-0.3, -0.25) is 0 Å². The highest BCUT2D eigenvalue weighted by Crippen LogP contribution is 2.31. The molecule has 4 heteroatoms. The summed E-state index contributed by atoms with van der Waals surface area (Å²) >= 11 is 0. The van der Waals surface area contributed by atoms with Crippen LogP contribution in [0.3, 0.4) is 0 Å². The number of carboxylic acids is 1. The average molecular weight is 427 g/mol. The molecule has 4 rings (SSSR count). The van der Waals surface area contributed by atoms with Gasteiger partial charge in [0.25, 0.3) is 0 Å². The van der Waals surface area contributed by atoms with E-state index in [1.54, 1.807) is 0 Å². The Labute approximate surface area is 188 Å². The fraction of sp³-hybridized carbons (Fsp3) is 0.179. The number of benzene rings is 4. The van der Waals surface area contributed by atoms with Crippen LogP contribution in [0.15, 0.2) is 84.9 Å². The van der Waals surface area contributed by atoms with Crippen LogP contribution in [-0.4, -0.2) is 23.8 Å². The zero-order valence-electron chi connectivity index (χ0n) is 18.2. The normalized spacial score (nSPS) is 11.0. The van der Waals surface area contributed by atoms with Crippen molar-refractivity contribution in [3.63, 3.8) is 0 Å². The molecule has 0 aliphatic rings. The number of carbonyl (C=O) groups is 1. The second-order valence-electron chi connectivity index (χ2n) is 8.01. The first kappa shape index (κ1) is 21.4. The van der Waals surface area contributed by atoms with Gasteiger partial charge in [0.1, 0.15) is 11.5 Å². The Bertz CT molecular complexity index is 1220. The van der Waals surface area contributed by atoms with Crippen LogP contribution in [0, 0.1) is 0 Å². The van der Waals surface area contributed by atoms with Gasteiger partial charge in [0.05, 0.1) is 6.10 Å². The molecule has 32 heavy (non-hydrogen) atoms. The first-order valence-electron chi connectivity index (χ1n) is 10.7. The van der Waals surface area contributed by atoms with Crippen LogP contribution in [0.25, 0.3) is 21.9 Å². The molecule has 0 spiro atoms. The van der Waals surface area contributed by atoms with Crippen LogP contribution in [0.4, 0.5) is 0 Å². The van der Waals surface area contributed by atoms with E-state index in [-0.39, 0.29) is 12.7 Å². The minimum absolute atomic E-state index is 0.124. The summed E-state index contributed by atoms with van der Waals surface area (Å²) in [6.07, 6.45) is 0.761. The molecule has 0 aliphatic heterocycles. The fourth-order valence-electron chi connectivity index (χ4n) is 3.83. The third-order valence-corrected chi connectivity index (χ3v) is 5.23. The molecule has 1 N–H and O–H groups in total. The molecule has 4 nitrogen and oxygen atoms in total. The van der Waals surface area contributed by atoms with Gasteiger partial charge in [0.2, 0.25) is 0 Å².